The summed E-state index contributed by atoms with van der Waals surface area (Å²) >= 11 is 0. The molecule has 0 aromatic carbocycles. The monoisotopic (exact) mass is 532 g/mol. The fourth-order valence-electron chi connectivity index (χ4n) is 1.68. The maximum Gasteiger partial charge on any atom is 0.408 e. The Bertz CT molecular complexity index is 830. The first-order chi connectivity index (χ1) is 17.5. The van der Waals surface area contributed by atoms with E-state index >= 15 is 0 Å². The van der Waals surface area contributed by atoms with Crippen LogP contribution in [-0.4, -0.2) is 89.1 Å². The first-order valence-electron chi connectivity index (χ1n) is 10.7. The third kappa shape index (κ3) is 19.6. The summed E-state index contributed by atoms with van der Waals surface area (Å²) in [6, 6.07) is 0. The Balaban J connectivity index is 3.76. The highest BCUT2D eigenvalue weighted by molar-refractivity contribution is 5.87. The van der Waals surface area contributed by atoms with Crippen molar-refractivity contribution in [3.05, 3.63) is 24.3 Å². The minimum atomic E-state index is -0.886. The summed E-state index contributed by atoms with van der Waals surface area (Å²) in [6.45, 7) is 10.1. The number of alkyl carbamates (subject to hydrolysis) is 3. The molecule has 208 valence electrons. The van der Waals surface area contributed by atoms with Crippen molar-refractivity contribution in [1.29, 1.82) is 0 Å². The van der Waals surface area contributed by atoms with E-state index in [0.717, 1.165) is 6.40 Å². The maximum absolute atomic E-state index is 11.6. The van der Waals surface area contributed by atoms with E-state index in [9.17, 15) is 24.0 Å². The van der Waals surface area contributed by atoms with Crippen LogP contribution in [0.2, 0.25) is 0 Å². The molecule has 0 bridgehead atoms. The van der Waals surface area contributed by atoms with Gasteiger partial charge in [-0.15, -0.1) is 0 Å². The van der Waals surface area contributed by atoms with Crippen molar-refractivity contribution in [2.45, 2.75) is 26.9 Å². The lowest BCUT2D eigenvalue weighted by atomic mass is 10.4. The van der Waals surface area contributed by atoms with Gasteiger partial charge < -0.3 is 44.5 Å². The highest BCUT2D eigenvalue weighted by atomic mass is 17.2. The van der Waals surface area contributed by atoms with E-state index in [4.69, 9.17) is 23.7 Å². The van der Waals surface area contributed by atoms with Gasteiger partial charge >= 0.3 is 30.2 Å². The second-order valence-corrected chi connectivity index (χ2v) is 6.85. The molecule has 0 aliphatic rings. The molecular formula is C21H32N4O12. The maximum atomic E-state index is 11.6. The molecule has 37 heavy (non-hydrogen) atoms. The number of rotatable bonds is 17. The zero-order valence-electron chi connectivity index (χ0n) is 20.9. The zero-order chi connectivity index (χ0) is 28.1. The van der Waals surface area contributed by atoms with Gasteiger partial charge in [-0.2, -0.15) is 4.89 Å². The molecule has 0 radical (unpaired) electrons. The normalized spacial score (nSPS) is 10.9. The van der Waals surface area contributed by atoms with Crippen LogP contribution in [0, 0.1) is 0 Å². The predicted octanol–water partition coefficient (Wildman–Crippen LogP) is 0.684. The quantitative estimate of drug-likeness (QED) is 0.0273. The van der Waals surface area contributed by atoms with E-state index in [1.807, 2.05) is 0 Å². The van der Waals surface area contributed by atoms with Crippen molar-refractivity contribution in [3.8, 4) is 0 Å². The Labute approximate surface area is 213 Å². The van der Waals surface area contributed by atoms with Gasteiger partial charge in [-0.3, -0.25) is 0 Å². The Kier molecular flexibility index (Phi) is 17.6. The standard InChI is InChI=1S/C21H32N4O12/c1-14(2)17(26)31-6-7-33-19(28)24-12-25-20(29)34-10-16(5)37-21(30)23-11-22-13-36-35-9-8-32-18(27)15(3)4/h13,16H,1,3,6-12H2,2,4-5H3,(H,23,30)(H,24,28)(H,25,29)/b22-13-. The minimum absolute atomic E-state index is 0.0402. The molecule has 0 aromatic rings. The number of amides is 3. The van der Waals surface area contributed by atoms with Crippen LogP contribution in [0.3, 0.4) is 0 Å². The Hall–Kier alpha value is -4.34. The largest absolute Gasteiger partial charge is 0.460 e. The molecule has 0 aliphatic carbocycles. The van der Waals surface area contributed by atoms with Crippen LogP contribution in [0.5, 0.6) is 0 Å². The smallest absolute Gasteiger partial charge is 0.408 e. The number of ether oxygens (including phenoxy) is 5. The third-order valence-electron chi connectivity index (χ3n) is 3.37. The van der Waals surface area contributed by atoms with Crippen molar-refractivity contribution in [3.63, 3.8) is 0 Å². The molecule has 16 nitrogen and oxygen atoms in total. The molecule has 0 aromatic heterocycles. The summed E-state index contributed by atoms with van der Waals surface area (Å²) < 4.78 is 24.0. The van der Waals surface area contributed by atoms with Gasteiger partial charge in [-0.25, -0.2) is 29.0 Å². The van der Waals surface area contributed by atoms with Gasteiger partial charge in [-0.1, -0.05) is 13.2 Å². The van der Waals surface area contributed by atoms with E-state index in [1.54, 1.807) is 0 Å². The highest BCUT2D eigenvalue weighted by Gasteiger charge is 2.12. The van der Waals surface area contributed by atoms with E-state index in [-0.39, 0.29) is 57.5 Å². The molecule has 16 heteroatoms. The molecule has 0 aliphatic heterocycles. The fourth-order valence-corrected chi connectivity index (χ4v) is 1.68. The number of hydrogen-bond donors (Lipinski definition) is 3. The number of aliphatic imine (C=N–C) groups is 1. The SMILES string of the molecule is C=C(C)C(=O)OCCOO/C=N\CNC(=O)OC(C)COC(=O)NCNC(=O)OCCOC(=O)C(=C)C. The average molecular weight is 533 g/mol. The van der Waals surface area contributed by atoms with Gasteiger partial charge in [0.15, 0.2) is 0 Å². The van der Waals surface area contributed by atoms with Gasteiger partial charge in [0.2, 0.25) is 6.40 Å². The second-order valence-electron chi connectivity index (χ2n) is 6.85. The number of hydrogen-bond acceptors (Lipinski definition) is 13. The first kappa shape index (κ1) is 32.7. The summed E-state index contributed by atoms with van der Waals surface area (Å²) in [4.78, 5) is 69.8. The van der Waals surface area contributed by atoms with Crippen LogP contribution < -0.4 is 16.0 Å². The molecular weight excluding hydrogens is 500 g/mol. The fraction of sp³-hybridized carbons (Fsp3) is 0.524. The molecule has 0 spiro atoms. The van der Waals surface area contributed by atoms with Crippen molar-refractivity contribution in [2.75, 3.05) is 46.4 Å². The van der Waals surface area contributed by atoms with Crippen LogP contribution in [0.4, 0.5) is 14.4 Å². The van der Waals surface area contributed by atoms with E-state index in [0.29, 0.717) is 0 Å². The van der Waals surface area contributed by atoms with Gasteiger partial charge in [0.25, 0.3) is 0 Å². The number of carbonyl (C=O) groups is 5. The minimum Gasteiger partial charge on any atom is -0.460 e. The van der Waals surface area contributed by atoms with Crippen molar-refractivity contribution < 1.29 is 57.4 Å². The molecule has 0 rings (SSSR count). The Morgan fingerprint density at radius 2 is 1.32 bits per heavy atom. The molecule has 3 amide bonds. The summed E-state index contributed by atoms with van der Waals surface area (Å²) in [7, 11) is 0. The van der Waals surface area contributed by atoms with Crippen LogP contribution in [0.1, 0.15) is 20.8 Å². The molecule has 0 saturated carbocycles. The second kappa shape index (κ2) is 19.9. The molecule has 3 N–H and O–H groups in total. The number of carbonyl (C=O) groups excluding carboxylic acids is 5. The van der Waals surface area contributed by atoms with Crippen molar-refractivity contribution >= 4 is 36.6 Å². The number of nitrogens with one attached hydrogen (secondary N) is 3. The molecule has 0 saturated heterocycles. The lowest BCUT2D eigenvalue weighted by Crippen LogP contribution is -2.39. The number of nitrogens with zero attached hydrogens (tertiary/aromatic N) is 1. The van der Waals surface area contributed by atoms with Gasteiger partial charge in [-0.05, 0) is 20.8 Å². The van der Waals surface area contributed by atoms with Gasteiger partial charge in [0, 0.05) is 11.1 Å². The van der Waals surface area contributed by atoms with E-state index in [2.05, 4.69) is 43.9 Å². The molecule has 1 atom stereocenters. The molecule has 0 heterocycles. The van der Waals surface area contributed by atoms with Gasteiger partial charge in [0.05, 0.1) is 6.67 Å². The van der Waals surface area contributed by atoms with Crippen molar-refractivity contribution in [1.82, 2.24) is 16.0 Å². The van der Waals surface area contributed by atoms with Crippen LogP contribution in [0.15, 0.2) is 29.3 Å². The van der Waals surface area contributed by atoms with Gasteiger partial charge in [0.1, 0.15) is 45.8 Å². The third-order valence-corrected chi connectivity index (χ3v) is 3.37. The highest BCUT2D eigenvalue weighted by Crippen LogP contribution is 1.94. The predicted molar refractivity (Wildman–Crippen MR) is 125 cm³/mol. The van der Waals surface area contributed by atoms with Crippen molar-refractivity contribution in [2.24, 2.45) is 4.99 Å². The molecule has 0 fully saturated rings. The zero-order valence-corrected chi connectivity index (χ0v) is 20.9. The lowest BCUT2D eigenvalue weighted by molar-refractivity contribution is -0.223. The first-order valence-corrected chi connectivity index (χ1v) is 10.7. The average Bonchev–Trinajstić information content (AvgIpc) is 2.83. The summed E-state index contributed by atoms with van der Waals surface area (Å²) in [6.07, 6.45) is -2.46. The molecule has 1 unspecified atom stereocenters. The Morgan fingerprint density at radius 1 is 0.784 bits per heavy atom. The lowest BCUT2D eigenvalue weighted by Gasteiger charge is -2.14. The van der Waals surface area contributed by atoms with E-state index in [1.165, 1.54) is 20.8 Å². The van der Waals surface area contributed by atoms with Crippen LogP contribution >= 0.6 is 0 Å². The number of esters is 2. The summed E-state index contributed by atoms with van der Waals surface area (Å²) in [5.41, 5.74) is 0.475. The summed E-state index contributed by atoms with van der Waals surface area (Å²) in [5.74, 6) is -1.15. The Morgan fingerprint density at radius 3 is 1.92 bits per heavy atom. The topological polar surface area (TPSA) is 198 Å². The van der Waals surface area contributed by atoms with Crippen LogP contribution in [0.25, 0.3) is 0 Å². The van der Waals surface area contributed by atoms with E-state index < -0.39 is 36.3 Å². The summed E-state index contributed by atoms with van der Waals surface area (Å²) in [5, 5.41) is 6.73. The van der Waals surface area contributed by atoms with Crippen LogP contribution in [-0.2, 0) is 43.0 Å².